The Morgan fingerprint density at radius 2 is 1.46 bits per heavy atom. The largest absolute Gasteiger partial charge is 0.490 e. The summed E-state index contributed by atoms with van der Waals surface area (Å²) in [6.07, 6.45) is -2.26. The van der Waals surface area contributed by atoms with Crippen LogP contribution in [0.3, 0.4) is 0 Å². The first kappa shape index (κ1) is 32.1. The number of piperidine rings is 1. The van der Waals surface area contributed by atoms with Gasteiger partial charge in [-0.05, 0) is 51.8 Å². The maximum absolute atomic E-state index is 12.6. The molecule has 3 rings (SSSR count). The van der Waals surface area contributed by atoms with E-state index in [0.717, 1.165) is 44.7 Å². The lowest BCUT2D eigenvalue weighted by Gasteiger charge is -2.45. The number of rotatable bonds is 4. The highest BCUT2D eigenvalue weighted by Gasteiger charge is 2.46. The molecule has 0 aromatic carbocycles. The minimum absolute atomic E-state index is 0.133. The van der Waals surface area contributed by atoms with Crippen molar-refractivity contribution < 1.29 is 55.7 Å². The Balaban J connectivity index is 0.000000404. The van der Waals surface area contributed by atoms with E-state index in [9.17, 15) is 31.1 Å². The van der Waals surface area contributed by atoms with Gasteiger partial charge in [0.05, 0.1) is 6.61 Å². The van der Waals surface area contributed by atoms with Crippen molar-refractivity contribution in [2.75, 3.05) is 33.4 Å². The van der Waals surface area contributed by atoms with Crippen molar-refractivity contribution in [2.24, 2.45) is 0 Å². The van der Waals surface area contributed by atoms with Crippen molar-refractivity contribution in [3.05, 3.63) is 30.1 Å². The number of amides is 1. The second-order valence-corrected chi connectivity index (χ2v) is 8.32. The molecule has 1 spiro atoms. The molecule has 2 fully saturated rings. The molecule has 0 radical (unpaired) electrons. The van der Waals surface area contributed by atoms with Crippen LogP contribution in [0.1, 0.15) is 43.0 Å². The molecule has 1 aromatic heterocycles. The number of carboxylic acids is 2. The van der Waals surface area contributed by atoms with Gasteiger partial charge in [0.1, 0.15) is 0 Å². The third kappa shape index (κ3) is 9.80. The highest BCUT2D eigenvalue weighted by Crippen LogP contribution is 2.40. The van der Waals surface area contributed by atoms with Crippen molar-refractivity contribution in [1.29, 1.82) is 0 Å². The van der Waals surface area contributed by atoms with Gasteiger partial charge in [0, 0.05) is 49.2 Å². The number of pyridine rings is 1. The number of halogens is 6. The fourth-order valence-corrected chi connectivity index (χ4v) is 4.05. The Kier molecular flexibility index (Phi) is 11.8. The predicted molar refractivity (Wildman–Crippen MR) is 117 cm³/mol. The maximum atomic E-state index is 12.6. The number of likely N-dealkylation sites (tertiary alicyclic amines) is 2. The minimum Gasteiger partial charge on any atom is -0.475 e. The molecule has 1 aromatic rings. The maximum Gasteiger partial charge on any atom is 0.490 e. The van der Waals surface area contributed by atoms with Crippen molar-refractivity contribution in [3.63, 3.8) is 0 Å². The molecule has 37 heavy (non-hydrogen) atoms. The summed E-state index contributed by atoms with van der Waals surface area (Å²) in [7, 11) is 2.23. The third-order valence-corrected chi connectivity index (χ3v) is 6.15. The smallest absolute Gasteiger partial charge is 0.475 e. The molecule has 0 saturated carbocycles. The van der Waals surface area contributed by atoms with Gasteiger partial charge in [-0.2, -0.15) is 26.3 Å². The molecule has 2 aliphatic heterocycles. The zero-order valence-electron chi connectivity index (χ0n) is 20.2. The monoisotopic (exact) mass is 545 g/mol. The van der Waals surface area contributed by atoms with Crippen LogP contribution in [0.5, 0.6) is 0 Å². The van der Waals surface area contributed by atoms with Gasteiger partial charge in [-0.1, -0.05) is 0 Å². The standard InChI is InChI=1S/C18H27N3O2.2C2HF3O2/c1-3-23-14-16-4-7-18(20(16)2)8-12-21(13-9-18)17(22)15-5-10-19-11-6-15;2*3-2(4,5)1(6)7/h5-6,10-11,16H,3-4,7-9,12-14H2,1-2H3;2*(H,6,7). The van der Waals surface area contributed by atoms with E-state index in [1.807, 2.05) is 11.8 Å². The Bertz CT molecular complexity index is 865. The summed E-state index contributed by atoms with van der Waals surface area (Å²) in [4.78, 5) is 38.8. The van der Waals surface area contributed by atoms with Gasteiger partial charge < -0.3 is 19.8 Å². The highest BCUT2D eigenvalue weighted by molar-refractivity contribution is 5.94. The van der Waals surface area contributed by atoms with Crippen LogP contribution >= 0.6 is 0 Å². The number of hydrogen-bond donors (Lipinski definition) is 2. The second-order valence-electron chi connectivity index (χ2n) is 8.32. The zero-order chi connectivity index (χ0) is 28.4. The topological polar surface area (TPSA) is 120 Å². The molecular weight excluding hydrogens is 516 g/mol. The summed E-state index contributed by atoms with van der Waals surface area (Å²) < 4.78 is 69.1. The highest BCUT2D eigenvalue weighted by atomic mass is 19.4. The molecule has 0 aliphatic carbocycles. The Hall–Kier alpha value is -2.94. The lowest BCUT2D eigenvalue weighted by atomic mass is 9.85. The Morgan fingerprint density at radius 3 is 1.86 bits per heavy atom. The number of carboxylic acid groups (broad SMARTS) is 2. The molecule has 15 heteroatoms. The molecule has 2 aliphatic rings. The quantitative estimate of drug-likeness (QED) is 0.553. The van der Waals surface area contributed by atoms with E-state index in [1.165, 1.54) is 12.8 Å². The molecule has 1 amide bonds. The van der Waals surface area contributed by atoms with E-state index >= 15 is 0 Å². The van der Waals surface area contributed by atoms with Crippen LogP contribution in [0, 0.1) is 0 Å². The number of carbonyl (C=O) groups excluding carboxylic acids is 1. The Labute approximate surface area is 209 Å². The number of alkyl halides is 6. The van der Waals surface area contributed by atoms with Crippen LogP contribution in [0.25, 0.3) is 0 Å². The molecule has 0 bridgehead atoms. The second kappa shape index (κ2) is 13.6. The predicted octanol–water partition coefficient (Wildman–Crippen LogP) is 3.45. The van der Waals surface area contributed by atoms with E-state index in [2.05, 4.69) is 16.9 Å². The van der Waals surface area contributed by atoms with E-state index in [4.69, 9.17) is 24.5 Å². The minimum atomic E-state index is -5.08. The molecule has 2 saturated heterocycles. The average Bonchev–Trinajstić information content (AvgIpc) is 3.12. The van der Waals surface area contributed by atoms with Gasteiger partial charge in [-0.15, -0.1) is 0 Å². The first-order valence-electron chi connectivity index (χ1n) is 11.2. The molecule has 210 valence electrons. The van der Waals surface area contributed by atoms with Crippen LogP contribution in [0.4, 0.5) is 26.3 Å². The number of hydrogen-bond acceptors (Lipinski definition) is 6. The van der Waals surface area contributed by atoms with Gasteiger partial charge in [0.25, 0.3) is 5.91 Å². The van der Waals surface area contributed by atoms with E-state index in [1.54, 1.807) is 24.5 Å². The van der Waals surface area contributed by atoms with Crippen LogP contribution in [0.15, 0.2) is 24.5 Å². The SMILES string of the molecule is CCOCC1CCC2(CCN(C(=O)c3ccncc3)CC2)N1C.O=C(O)C(F)(F)F.O=C(O)C(F)(F)F. The lowest BCUT2D eigenvalue weighted by molar-refractivity contribution is -0.193. The van der Waals surface area contributed by atoms with E-state index in [0.29, 0.717) is 6.04 Å². The third-order valence-electron chi connectivity index (χ3n) is 6.15. The van der Waals surface area contributed by atoms with Crippen molar-refractivity contribution in [3.8, 4) is 0 Å². The van der Waals surface area contributed by atoms with Crippen LogP contribution in [-0.2, 0) is 14.3 Å². The summed E-state index contributed by atoms with van der Waals surface area (Å²) in [5.74, 6) is -5.38. The summed E-state index contributed by atoms with van der Waals surface area (Å²) in [6, 6.07) is 4.12. The average molecular weight is 545 g/mol. The fourth-order valence-electron chi connectivity index (χ4n) is 4.05. The molecular formula is C22H29F6N3O6. The van der Waals surface area contributed by atoms with Crippen LogP contribution in [-0.4, -0.2) is 100 Å². The van der Waals surface area contributed by atoms with Crippen LogP contribution in [0.2, 0.25) is 0 Å². The summed E-state index contributed by atoms with van der Waals surface area (Å²) in [5, 5.41) is 14.2. The first-order valence-corrected chi connectivity index (χ1v) is 11.2. The molecule has 2 N–H and O–H groups in total. The molecule has 1 atom stereocenters. The molecule has 1 unspecified atom stereocenters. The number of nitrogens with zero attached hydrogens (tertiary/aromatic N) is 3. The van der Waals surface area contributed by atoms with Crippen molar-refractivity contribution in [2.45, 2.75) is 56.5 Å². The number of aliphatic carboxylic acids is 2. The zero-order valence-corrected chi connectivity index (χ0v) is 20.2. The normalized spacial score (nSPS) is 19.4. The van der Waals surface area contributed by atoms with Crippen LogP contribution < -0.4 is 0 Å². The number of ether oxygens (including phenoxy) is 1. The fraction of sp³-hybridized carbons (Fsp3) is 0.636. The van der Waals surface area contributed by atoms with E-state index in [-0.39, 0.29) is 11.4 Å². The van der Waals surface area contributed by atoms with Gasteiger partial charge in [-0.3, -0.25) is 14.7 Å². The van der Waals surface area contributed by atoms with E-state index < -0.39 is 24.3 Å². The molecule has 3 heterocycles. The summed E-state index contributed by atoms with van der Waals surface area (Å²) >= 11 is 0. The number of likely N-dealkylation sites (N-methyl/N-ethyl adjacent to an activating group) is 1. The number of carbonyl (C=O) groups is 3. The first-order chi connectivity index (χ1) is 17.0. The number of aromatic nitrogens is 1. The van der Waals surface area contributed by atoms with Crippen molar-refractivity contribution >= 4 is 17.8 Å². The summed E-state index contributed by atoms with van der Waals surface area (Å²) in [6.45, 7) is 5.34. The van der Waals surface area contributed by atoms with Gasteiger partial charge in [-0.25, -0.2) is 9.59 Å². The van der Waals surface area contributed by atoms with Crippen molar-refractivity contribution in [1.82, 2.24) is 14.8 Å². The van der Waals surface area contributed by atoms with Gasteiger partial charge in [0.2, 0.25) is 0 Å². The molecule has 9 nitrogen and oxygen atoms in total. The van der Waals surface area contributed by atoms with Gasteiger partial charge in [0.15, 0.2) is 0 Å². The summed E-state index contributed by atoms with van der Waals surface area (Å²) in [5.41, 5.74) is 1.00. The lowest BCUT2D eigenvalue weighted by Crippen LogP contribution is -2.54. The Morgan fingerprint density at radius 1 is 1.00 bits per heavy atom. The van der Waals surface area contributed by atoms with Gasteiger partial charge >= 0.3 is 24.3 Å².